The lowest BCUT2D eigenvalue weighted by Crippen LogP contribution is -2.56. The van der Waals surface area contributed by atoms with Crippen LogP contribution < -0.4 is 10.6 Å². The van der Waals surface area contributed by atoms with Crippen LogP contribution in [0.1, 0.15) is 5.89 Å². The molecule has 1 amide bonds. The first-order chi connectivity index (χ1) is 9.78. The number of rotatable bonds is 3. The highest BCUT2D eigenvalue weighted by molar-refractivity contribution is 5.81. The molecule has 1 saturated heterocycles. The molecule has 1 aliphatic rings. The van der Waals surface area contributed by atoms with Gasteiger partial charge >= 0.3 is 0 Å². The van der Waals surface area contributed by atoms with Crippen LogP contribution >= 0.6 is 0 Å². The lowest BCUT2D eigenvalue weighted by molar-refractivity contribution is -0.126. The van der Waals surface area contributed by atoms with E-state index in [1.54, 1.807) is 7.05 Å². The zero-order chi connectivity index (χ0) is 13.9. The van der Waals surface area contributed by atoms with E-state index in [0.717, 1.165) is 24.2 Å². The number of nitrogens with zero attached hydrogens (tertiary/aromatic N) is 2. The van der Waals surface area contributed by atoms with Gasteiger partial charge in [-0.3, -0.25) is 9.69 Å². The van der Waals surface area contributed by atoms with Crippen molar-refractivity contribution in [2.24, 2.45) is 0 Å². The fourth-order valence-corrected chi connectivity index (χ4v) is 2.52. The monoisotopic (exact) mass is 274 g/mol. The Kier molecular flexibility index (Phi) is 3.66. The smallest absolute Gasteiger partial charge is 0.238 e. The predicted octanol–water partition coefficient (Wildman–Crippen LogP) is 0.348. The third-order valence-corrected chi connectivity index (χ3v) is 3.58. The number of para-hydroxylation sites is 2. The molecule has 0 bridgehead atoms. The maximum atomic E-state index is 11.9. The van der Waals surface area contributed by atoms with E-state index in [4.69, 9.17) is 4.42 Å². The summed E-state index contributed by atoms with van der Waals surface area (Å²) in [5.41, 5.74) is 1.64. The van der Waals surface area contributed by atoms with Crippen LogP contribution in [-0.2, 0) is 11.3 Å². The number of aromatic nitrogens is 1. The molecular weight excluding hydrogens is 256 g/mol. The summed E-state index contributed by atoms with van der Waals surface area (Å²) in [6.45, 7) is 2.87. The highest BCUT2D eigenvalue weighted by atomic mass is 16.3. The van der Waals surface area contributed by atoms with E-state index >= 15 is 0 Å². The van der Waals surface area contributed by atoms with Crippen molar-refractivity contribution in [1.29, 1.82) is 0 Å². The van der Waals surface area contributed by atoms with Crippen LogP contribution in [-0.4, -0.2) is 48.5 Å². The number of fused-ring (bicyclic) bond motifs is 1. The topological polar surface area (TPSA) is 70.4 Å². The largest absolute Gasteiger partial charge is 0.439 e. The molecule has 2 aromatic rings. The predicted molar refractivity (Wildman–Crippen MR) is 75.1 cm³/mol. The number of nitrogens with one attached hydrogen (secondary N) is 2. The number of benzene rings is 1. The van der Waals surface area contributed by atoms with E-state index in [-0.39, 0.29) is 11.9 Å². The second-order valence-electron chi connectivity index (χ2n) is 4.88. The number of hydrogen-bond acceptors (Lipinski definition) is 5. The first-order valence-corrected chi connectivity index (χ1v) is 6.79. The first kappa shape index (κ1) is 13.1. The molecule has 6 nitrogen and oxygen atoms in total. The fourth-order valence-electron chi connectivity index (χ4n) is 2.52. The van der Waals surface area contributed by atoms with Crippen LogP contribution in [0.5, 0.6) is 0 Å². The number of likely N-dealkylation sites (N-methyl/N-ethyl adjacent to an activating group) is 1. The Hall–Kier alpha value is -1.92. The minimum Gasteiger partial charge on any atom is -0.439 e. The standard InChI is InChI=1S/C14H18N4O2/c1-15-14(19)11-8-16-6-7-18(11)9-13-17-10-4-2-3-5-12(10)20-13/h2-5,11,16H,6-9H2,1H3,(H,15,19). The van der Waals surface area contributed by atoms with E-state index in [0.29, 0.717) is 19.0 Å². The van der Waals surface area contributed by atoms with E-state index in [2.05, 4.69) is 20.5 Å². The molecule has 0 spiro atoms. The SMILES string of the molecule is CNC(=O)C1CNCCN1Cc1nc2ccccc2o1. The Morgan fingerprint density at radius 2 is 2.40 bits per heavy atom. The van der Waals surface area contributed by atoms with Crippen molar-refractivity contribution in [3.05, 3.63) is 30.2 Å². The van der Waals surface area contributed by atoms with Crippen molar-refractivity contribution in [3.63, 3.8) is 0 Å². The van der Waals surface area contributed by atoms with E-state index in [9.17, 15) is 4.79 Å². The van der Waals surface area contributed by atoms with E-state index in [1.807, 2.05) is 24.3 Å². The maximum absolute atomic E-state index is 11.9. The lowest BCUT2D eigenvalue weighted by atomic mass is 10.2. The number of amides is 1. The van der Waals surface area contributed by atoms with Crippen LogP contribution in [0.4, 0.5) is 0 Å². The molecule has 1 atom stereocenters. The highest BCUT2D eigenvalue weighted by Gasteiger charge is 2.28. The van der Waals surface area contributed by atoms with Crippen molar-refractivity contribution in [3.8, 4) is 0 Å². The Morgan fingerprint density at radius 3 is 3.20 bits per heavy atom. The summed E-state index contributed by atoms with van der Waals surface area (Å²) in [5.74, 6) is 0.676. The lowest BCUT2D eigenvalue weighted by Gasteiger charge is -2.33. The van der Waals surface area contributed by atoms with Crippen molar-refractivity contribution < 1.29 is 9.21 Å². The Morgan fingerprint density at radius 1 is 1.55 bits per heavy atom. The molecule has 1 aromatic heterocycles. The van der Waals surface area contributed by atoms with Crippen LogP contribution in [0.3, 0.4) is 0 Å². The molecule has 1 aliphatic heterocycles. The van der Waals surface area contributed by atoms with Crippen LogP contribution in [0.25, 0.3) is 11.1 Å². The number of carbonyl (C=O) groups is 1. The van der Waals surface area contributed by atoms with E-state index < -0.39 is 0 Å². The third-order valence-electron chi connectivity index (χ3n) is 3.58. The number of oxazole rings is 1. The number of piperazine rings is 1. The first-order valence-electron chi connectivity index (χ1n) is 6.79. The molecular formula is C14H18N4O2. The summed E-state index contributed by atoms with van der Waals surface area (Å²) in [5, 5.41) is 5.94. The van der Waals surface area contributed by atoms with Gasteiger partial charge in [0.15, 0.2) is 5.58 Å². The van der Waals surface area contributed by atoms with Crippen molar-refractivity contribution in [1.82, 2.24) is 20.5 Å². The van der Waals surface area contributed by atoms with Gasteiger partial charge < -0.3 is 15.1 Å². The zero-order valence-electron chi connectivity index (χ0n) is 11.4. The summed E-state index contributed by atoms with van der Waals surface area (Å²) >= 11 is 0. The quantitative estimate of drug-likeness (QED) is 0.845. The van der Waals surface area contributed by atoms with Gasteiger partial charge in [0.25, 0.3) is 0 Å². The second-order valence-corrected chi connectivity index (χ2v) is 4.88. The second kappa shape index (κ2) is 5.60. The average Bonchev–Trinajstić information content (AvgIpc) is 2.89. The summed E-state index contributed by atoms with van der Waals surface area (Å²) in [6, 6.07) is 7.52. The Bertz CT molecular complexity index is 577. The molecule has 106 valence electrons. The molecule has 3 rings (SSSR count). The van der Waals surface area contributed by atoms with Gasteiger partial charge in [-0.2, -0.15) is 0 Å². The van der Waals surface area contributed by atoms with Crippen LogP contribution in [0, 0.1) is 0 Å². The third kappa shape index (κ3) is 2.52. The minimum absolute atomic E-state index is 0.0216. The average molecular weight is 274 g/mol. The van der Waals surface area contributed by atoms with Crippen LogP contribution in [0.15, 0.2) is 28.7 Å². The summed E-state index contributed by atoms with van der Waals surface area (Å²) in [4.78, 5) is 18.5. The Labute approximate surface area is 117 Å². The van der Waals surface area contributed by atoms with Gasteiger partial charge in [0.1, 0.15) is 11.6 Å². The molecule has 1 fully saturated rings. The molecule has 20 heavy (non-hydrogen) atoms. The van der Waals surface area contributed by atoms with Gasteiger partial charge in [-0.1, -0.05) is 12.1 Å². The summed E-state index contributed by atoms with van der Waals surface area (Å²) in [6.07, 6.45) is 0. The molecule has 6 heteroatoms. The molecule has 1 aromatic carbocycles. The minimum atomic E-state index is -0.177. The number of carbonyl (C=O) groups excluding carboxylic acids is 1. The van der Waals surface area contributed by atoms with Gasteiger partial charge in [0, 0.05) is 26.7 Å². The van der Waals surface area contributed by atoms with Crippen molar-refractivity contribution >= 4 is 17.0 Å². The molecule has 0 saturated carbocycles. The van der Waals surface area contributed by atoms with Gasteiger partial charge in [-0.05, 0) is 12.1 Å². The molecule has 1 unspecified atom stereocenters. The molecule has 2 N–H and O–H groups in total. The Balaban J connectivity index is 1.79. The van der Waals surface area contributed by atoms with Gasteiger partial charge in [0.05, 0.1) is 6.54 Å². The molecule has 0 radical (unpaired) electrons. The summed E-state index contributed by atoms with van der Waals surface area (Å²) < 4.78 is 5.73. The van der Waals surface area contributed by atoms with Gasteiger partial charge in [0.2, 0.25) is 11.8 Å². The maximum Gasteiger partial charge on any atom is 0.238 e. The van der Waals surface area contributed by atoms with Crippen molar-refractivity contribution in [2.75, 3.05) is 26.7 Å². The van der Waals surface area contributed by atoms with Crippen LogP contribution in [0.2, 0.25) is 0 Å². The normalized spacial score (nSPS) is 20.1. The number of hydrogen-bond donors (Lipinski definition) is 2. The molecule has 2 heterocycles. The van der Waals surface area contributed by atoms with Crippen molar-refractivity contribution in [2.45, 2.75) is 12.6 Å². The summed E-state index contributed by atoms with van der Waals surface area (Å²) in [7, 11) is 1.66. The highest BCUT2D eigenvalue weighted by Crippen LogP contribution is 2.17. The van der Waals surface area contributed by atoms with Gasteiger partial charge in [-0.15, -0.1) is 0 Å². The van der Waals surface area contributed by atoms with Gasteiger partial charge in [-0.25, -0.2) is 4.98 Å². The fraction of sp³-hybridized carbons (Fsp3) is 0.429. The van der Waals surface area contributed by atoms with E-state index in [1.165, 1.54) is 0 Å². The molecule has 0 aliphatic carbocycles. The zero-order valence-corrected chi connectivity index (χ0v) is 11.4.